The lowest BCUT2D eigenvalue weighted by Crippen LogP contribution is -2.49. The molecule has 1 fully saturated rings. The molecule has 7 nitrogen and oxygen atoms in total. The van der Waals surface area contributed by atoms with Gasteiger partial charge < -0.3 is 19.5 Å². The summed E-state index contributed by atoms with van der Waals surface area (Å²) in [5, 5.41) is 14.9. The number of methoxy groups -OCH3 is 1. The number of aliphatic hydroxyl groups is 1. The Bertz CT molecular complexity index is 1220. The lowest BCUT2D eigenvalue weighted by atomic mass is 9.81. The van der Waals surface area contributed by atoms with Gasteiger partial charge in [0.1, 0.15) is 17.1 Å². The van der Waals surface area contributed by atoms with Crippen LogP contribution in [0, 0.1) is 0 Å². The maximum Gasteiger partial charge on any atom is 0.253 e. The van der Waals surface area contributed by atoms with Crippen molar-refractivity contribution >= 4 is 5.91 Å². The van der Waals surface area contributed by atoms with E-state index in [2.05, 4.69) is 11.2 Å². The van der Waals surface area contributed by atoms with Gasteiger partial charge in [0.05, 0.1) is 24.6 Å². The molecule has 0 saturated carbocycles. The van der Waals surface area contributed by atoms with Crippen LogP contribution in [0.4, 0.5) is 0 Å². The van der Waals surface area contributed by atoms with Crippen molar-refractivity contribution in [3.05, 3.63) is 65.4 Å². The van der Waals surface area contributed by atoms with Gasteiger partial charge in [-0.3, -0.25) is 9.48 Å². The molecule has 0 radical (unpaired) electrons. The number of fused-ring (bicyclic) bond motifs is 4. The average Bonchev–Trinajstić information content (AvgIpc) is 3.21. The van der Waals surface area contributed by atoms with Crippen molar-refractivity contribution in [2.45, 2.75) is 37.9 Å². The minimum Gasteiger partial charge on any atom is -0.496 e. The third-order valence-electron chi connectivity index (χ3n) is 6.84. The second-order valence-corrected chi connectivity index (χ2v) is 9.39. The molecular formula is C26H29N3O4. The molecule has 1 N–H and O–H groups in total. The standard InChI is InChI=1S/C26H29N3O4/c1-25(2,31)19-10-9-17(15-22(19)32-4)24(30)29-13-11-26(12-14-29)20-16-27-28(3)23(20)18-7-5-6-8-21(18)33-26/h5-10,15-16,31H,11-14H2,1-4H3. The van der Waals surface area contributed by atoms with Crippen LogP contribution in [0.3, 0.4) is 0 Å². The molecule has 1 aromatic heterocycles. The van der Waals surface area contributed by atoms with Crippen molar-refractivity contribution in [2.24, 2.45) is 7.05 Å². The van der Waals surface area contributed by atoms with Crippen molar-refractivity contribution in [2.75, 3.05) is 20.2 Å². The smallest absolute Gasteiger partial charge is 0.253 e. The largest absolute Gasteiger partial charge is 0.496 e. The van der Waals surface area contributed by atoms with E-state index < -0.39 is 11.2 Å². The number of rotatable bonds is 3. The number of aromatic nitrogens is 2. The number of nitrogens with zero attached hydrogens (tertiary/aromatic N) is 3. The van der Waals surface area contributed by atoms with Crippen LogP contribution in [0.15, 0.2) is 48.7 Å². The van der Waals surface area contributed by atoms with Crippen LogP contribution in [0.2, 0.25) is 0 Å². The lowest BCUT2D eigenvalue weighted by Gasteiger charge is -2.44. The van der Waals surface area contributed by atoms with Gasteiger partial charge in [-0.15, -0.1) is 0 Å². The highest BCUT2D eigenvalue weighted by Gasteiger charge is 2.46. The lowest BCUT2D eigenvalue weighted by molar-refractivity contribution is -0.00175. The Kier molecular flexibility index (Phi) is 4.97. The first-order valence-corrected chi connectivity index (χ1v) is 11.2. The maximum atomic E-state index is 13.3. The van der Waals surface area contributed by atoms with Crippen LogP contribution < -0.4 is 9.47 Å². The Morgan fingerprint density at radius 1 is 1.18 bits per heavy atom. The molecule has 3 aromatic rings. The molecule has 33 heavy (non-hydrogen) atoms. The monoisotopic (exact) mass is 447 g/mol. The molecule has 5 rings (SSSR count). The van der Waals surface area contributed by atoms with Gasteiger partial charge in [0.25, 0.3) is 5.91 Å². The Hall–Kier alpha value is -3.32. The molecule has 3 heterocycles. The van der Waals surface area contributed by atoms with Crippen molar-refractivity contribution in [1.29, 1.82) is 0 Å². The van der Waals surface area contributed by atoms with E-state index in [-0.39, 0.29) is 5.91 Å². The fourth-order valence-corrected chi connectivity index (χ4v) is 5.06. The predicted octanol–water partition coefficient (Wildman–Crippen LogP) is 3.85. The van der Waals surface area contributed by atoms with Crippen molar-refractivity contribution in [3.63, 3.8) is 0 Å². The Labute approximate surface area is 193 Å². The van der Waals surface area contributed by atoms with Gasteiger partial charge in [-0.25, -0.2) is 0 Å². The minimum absolute atomic E-state index is 0.0481. The number of carbonyl (C=O) groups is 1. The van der Waals surface area contributed by atoms with E-state index in [0.29, 0.717) is 42.8 Å². The molecule has 2 aromatic carbocycles. The average molecular weight is 448 g/mol. The van der Waals surface area contributed by atoms with Gasteiger partial charge >= 0.3 is 0 Å². The van der Waals surface area contributed by atoms with Gasteiger partial charge in [-0.1, -0.05) is 18.2 Å². The van der Waals surface area contributed by atoms with E-state index >= 15 is 0 Å². The van der Waals surface area contributed by atoms with Gasteiger partial charge in [0.2, 0.25) is 0 Å². The number of likely N-dealkylation sites (tertiary alicyclic amines) is 1. The molecule has 7 heteroatoms. The molecule has 0 bridgehead atoms. The van der Waals surface area contributed by atoms with Crippen molar-refractivity contribution < 1.29 is 19.4 Å². The zero-order valence-electron chi connectivity index (χ0n) is 19.5. The summed E-state index contributed by atoms with van der Waals surface area (Å²) in [5.41, 5.74) is 2.88. The Morgan fingerprint density at radius 2 is 1.91 bits per heavy atom. The van der Waals surface area contributed by atoms with Gasteiger partial charge in [0, 0.05) is 55.2 Å². The number of ether oxygens (including phenoxy) is 2. The molecule has 0 unspecified atom stereocenters. The summed E-state index contributed by atoms with van der Waals surface area (Å²) in [5.74, 6) is 1.32. The molecule has 0 aliphatic carbocycles. The first-order chi connectivity index (χ1) is 15.7. The molecule has 1 spiro atoms. The summed E-state index contributed by atoms with van der Waals surface area (Å²) in [6, 6.07) is 13.3. The first-order valence-electron chi connectivity index (χ1n) is 11.2. The van der Waals surface area contributed by atoms with Gasteiger partial charge in [-0.05, 0) is 38.1 Å². The number of hydrogen-bond acceptors (Lipinski definition) is 5. The molecule has 2 aliphatic heterocycles. The number of hydrogen-bond donors (Lipinski definition) is 1. The number of aryl methyl sites for hydroxylation is 1. The first kappa shape index (κ1) is 21.5. The number of carbonyl (C=O) groups excluding carboxylic acids is 1. The summed E-state index contributed by atoms with van der Waals surface area (Å²) < 4.78 is 13.9. The highest BCUT2D eigenvalue weighted by atomic mass is 16.5. The highest BCUT2D eigenvalue weighted by Crippen LogP contribution is 2.49. The van der Waals surface area contributed by atoms with Gasteiger partial charge in [0.15, 0.2) is 0 Å². The normalized spacial score (nSPS) is 16.7. The van der Waals surface area contributed by atoms with E-state index in [1.54, 1.807) is 39.2 Å². The quantitative estimate of drug-likeness (QED) is 0.660. The van der Waals surface area contributed by atoms with Crippen molar-refractivity contribution in [1.82, 2.24) is 14.7 Å². The van der Waals surface area contributed by atoms with Crippen molar-refractivity contribution in [3.8, 4) is 22.8 Å². The molecule has 1 amide bonds. The van der Waals surface area contributed by atoms with E-state index in [0.717, 1.165) is 22.6 Å². The summed E-state index contributed by atoms with van der Waals surface area (Å²) in [6.45, 7) is 4.55. The SMILES string of the molecule is COc1cc(C(=O)N2CCC3(CC2)Oc2ccccc2-c2c3cnn2C)ccc1C(C)(C)O. The van der Waals surface area contributed by atoms with Crippen LogP contribution in [-0.4, -0.2) is 45.9 Å². The second kappa shape index (κ2) is 7.63. The molecule has 0 atom stereocenters. The fraction of sp³-hybridized carbons (Fsp3) is 0.385. The van der Waals surface area contributed by atoms with Crippen LogP contribution in [0.1, 0.15) is 48.2 Å². The van der Waals surface area contributed by atoms with Gasteiger partial charge in [-0.2, -0.15) is 5.10 Å². The summed E-state index contributed by atoms with van der Waals surface area (Å²) in [7, 11) is 3.51. The molecule has 1 saturated heterocycles. The van der Waals surface area contributed by atoms with E-state index in [4.69, 9.17) is 9.47 Å². The number of benzene rings is 2. The highest BCUT2D eigenvalue weighted by molar-refractivity contribution is 5.95. The third-order valence-corrected chi connectivity index (χ3v) is 6.84. The zero-order chi connectivity index (χ0) is 23.4. The van der Waals surface area contributed by atoms with Crippen LogP contribution >= 0.6 is 0 Å². The molecule has 172 valence electrons. The molecular weight excluding hydrogens is 418 g/mol. The number of amides is 1. The maximum absolute atomic E-state index is 13.3. The zero-order valence-corrected chi connectivity index (χ0v) is 19.5. The fourth-order valence-electron chi connectivity index (χ4n) is 5.06. The van der Waals surface area contributed by atoms with Crippen LogP contribution in [-0.2, 0) is 18.2 Å². The van der Waals surface area contributed by atoms with E-state index in [9.17, 15) is 9.90 Å². The minimum atomic E-state index is -1.06. The van der Waals surface area contributed by atoms with Crippen LogP contribution in [0.25, 0.3) is 11.3 Å². The second-order valence-electron chi connectivity index (χ2n) is 9.39. The topological polar surface area (TPSA) is 76.8 Å². The summed E-state index contributed by atoms with van der Waals surface area (Å²) >= 11 is 0. The van der Waals surface area contributed by atoms with E-state index in [1.807, 2.05) is 41.0 Å². The molecule has 2 aliphatic rings. The Balaban J connectivity index is 1.39. The predicted molar refractivity (Wildman–Crippen MR) is 124 cm³/mol. The Morgan fingerprint density at radius 3 is 2.61 bits per heavy atom. The summed E-state index contributed by atoms with van der Waals surface area (Å²) in [4.78, 5) is 15.2. The number of piperidine rings is 1. The third kappa shape index (κ3) is 3.47. The number of para-hydroxylation sites is 1. The van der Waals surface area contributed by atoms with Crippen LogP contribution in [0.5, 0.6) is 11.5 Å². The summed E-state index contributed by atoms with van der Waals surface area (Å²) in [6.07, 6.45) is 3.28. The van der Waals surface area contributed by atoms with E-state index in [1.165, 1.54) is 0 Å².